The number of urea groups is 1. The third-order valence-electron chi connectivity index (χ3n) is 5.05. The molecule has 0 saturated carbocycles. The Morgan fingerprint density at radius 3 is 2.58 bits per heavy atom. The number of nitrogens with one attached hydrogen (secondary N) is 3. The zero-order valence-corrected chi connectivity index (χ0v) is 17.8. The van der Waals surface area contributed by atoms with Gasteiger partial charge in [0.05, 0.1) is 11.0 Å². The number of fused-ring (bicyclic) bond motifs is 1. The van der Waals surface area contributed by atoms with Gasteiger partial charge in [0, 0.05) is 19.6 Å². The Kier molecular flexibility index (Phi) is 7.59. The van der Waals surface area contributed by atoms with Crippen molar-refractivity contribution < 1.29 is 14.0 Å². The van der Waals surface area contributed by atoms with Crippen molar-refractivity contribution in [1.82, 2.24) is 25.5 Å². The van der Waals surface area contributed by atoms with Crippen LogP contribution in [0.4, 0.5) is 9.18 Å². The lowest BCUT2D eigenvalue weighted by Gasteiger charge is -2.18. The van der Waals surface area contributed by atoms with Crippen LogP contribution in [0.15, 0.2) is 48.5 Å². The van der Waals surface area contributed by atoms with E-state index in [2.05, 4.69) is 25.5 Å². The summed E-state index contributed by atoms with van der Waals surface area (Å²) < 4.78 is 15.0. The number of halogens is 1. The van der Waals surface area contributed by atoms with Crippen molar-refractivity contribution in [2.45, 2.75) is 45.8 Å². The van der Waals surface area contributed by atoms with E-state index in [1.807, 2.05) is 38.1 Å². The van der Waals surface area contributed by atoms with Crippen molar-refractivity contribution in [2.75, 3.05) is 6.54 Å². The fourth-order valence-corrected chi connectivity index (χ4v) is 3.44. The van der Waals surface area contributed by atoms with Crippen molar-refractivity contribution in [2.24, 2.45) is 0 Å². The van der Waals surface area contributed by atoms with E-state index < -0.39 is 12.1 Å². The van der Waals surface area contributed by atoms with E-state index in [4.69, 9.17) is 0 Å². The van der Waals surface area contributed by atoms with Gasteiger partial charge in [-0.1, -0.05) is 37.6 Å². The van der Waals surface area contributed by atoms with Crippen LogP contribution in [0.3, 0.4) is 0 Å². The summed E-state index contributed by atoms with van der Waals surface area (Å²) >= 11 is 0. The van der Waals surface area contributed by atoms with Gasteiger partial charge in [0.1, 0.15) is 17.7 Å². The van der Waals surface area contributed by atoms with Gasteiger partial charge in [-0.15, -0.1) is 0 Å². The smallest absolute Gasteiger partial charge is 0.315 e. The minimum absolute atomic E-state index is 0.221. The van der Waals surface area contributed by atoms with Crippen LogP contribution in [0.25, 0.3) is 11.0 Å². The standard InChI is InChI=1S/C23H28FN5O2/c1-3-6-20(28-23(31)26-15-17-9-11-18(24)12-10-17)22(30)25-13-14-29-16(2)27-19-7-4-5-8-21(19)29/h4-5,7-12,20H,3,6,13-15H2,1-2H3,(H,25,30)(H2,26,28,31). The zero-order chi connectivity index (χ0) is 22.2. The molecule has 164 valence electrons. The molecule has 0 aliphatic heterocycles. The molecule has 8 heteroatoms. The van der Waals surface area contributed by atoms with E-state index >= 15 is 0 Å². The molecular weight excluding hydrogens is 397 g/mol. The number of aromatic nitrogens is 2. The highest BCUT2D eigenvalue weighted by molar-refractivity contribution is 5.87. The molecule has 0 aliphatic carbocycles. The Labute approximate surface area is 181 Å². The lowest BCUT2D eigenvalue weighted by atomic mass is 10.1. The van der Waals surface area contributed by atoms with Crippen molar-refractivity contribution in [3.63, 3.8) is 0 Å². The Hall–Kier alpha value is -3.42. The number of carbonyl (C=O) groups excluding carboxylic acids is 2. The Morgan fingerprint density at radius 1 is 1.10 bits per heavy atom. The van der Waals surface area contributed by atoms with Crippen LogP contribution in [-0.4, -0.2) is 34.1 Å². The molecule has 7 nitrogen and oxygen atoms in total. The van der Waals surface area contributed by atoms with Gasteiger partial charge < -0.3 is 20.5 Å². The van der Waals surface area contributed by atoms with Gasteiger partial charge >= 0.3 is 6.03 Å². The molecule has 0 radical (unpaired) electrons. The highest BCUT2D eigenvalue weighted by Crippen LogP contribution is 2.14. The number of nitrogens with zero attached hydrogens (tertiary/aromatic N) is 2. The molecular formula is C23H28FN5O2. The van der Waals surface area contributed by atoms with E-state index in [0.29, 0.717) is 19.5 Å². The highest BCUT2D eigenvalue weighted by Gasteiger charge is 2.19. The number of aryl methyl sites for hydroxylation is 1. The number of para-hydroxylation sites is 2. The molecule has 1 aromatic heterocycles. The third-order valence-corrected chi connectivity index (χ3v) is 5.05. The van der Waals surface area contributed by atoms with E-state index in [0.717, 1.165) is 28.8 Å². The summed E-state index contributed by atoms with van der Waals surface area (Å²) in [5.74, 6) is 0.339. The van der Waals surface area contributed by atoms with E-state index in [-0.39, 0.29) is 18.3 Å². The third kappa shape index (κ3) is 6.04. The number of carbonyl (C=O) groups is 2. The summed E-state index contributed by atoms with van der Waals surface area (Å²) in [6.07, 6.45) is 1.28. The molecule has 0 spiro atoms. The minimum Gasteiger partial charge on any atom is -0.353 e. The Morgan fingerprint density at radius 2 is 1.84 bits per heavy atom. The summed E-state index contributed by atoms with van der Waals surface area (Å²) in [5, 5.41) is 8.34. The summed E-state index contributed by atoms with van der Waals surface area (Å²) in [6.45, 7) is 5.17. The molecule has 0 aliphatic rings. The van der Waals surface area contributed by atoms with Gasteiger partial charge in [0.2, 0.25) is 5.91 Å². The second-order valence-corrected chi connectivity index (χ2v) is 7.39. The fraction of sp³-hybridized carbons (Fsp3) is 0.348. The molecule has 31 heavy (non-hydrogen) atoms. The molecule has 3 rings (SSSR count). The van der Waals surface area contributed by atoms with Crippen molar-refractivity contribution >= 4 is 23.0 Å². The molecule has 1 heterocycles. The monoisotopic (exact) mass is 425 g/mol. The number of hydrogen-bond acceptors (Lipinski definition) is 3. The summed E-state index contributed by atoms with van der Waals surface area (Å²) in [6, 6.07) is 12.7. The van der Waals surface area contributed by atoms with E-state index in [9.17, 15) is 14.0 Å². The molecule has 0 saturated heterocycles. The van der Waals surface area contributed by atoms with Crippen LogP contribution in [0.1, 0.15) is 31.2 Å². The first-order valence-electron chi connectivity index (χ1n) is 10.5. The molecule has 0 bridgehead atoms. The van der Waals surface area contributed by atoms with Gasteiger partial charge in [0.25, 0.3) is 0 Å². The molecule has 0 fully saturated rings. The highest BCUT2D eigenvalue weighted by atomic mass is 19.1. The number of imidazole rings is 1. The lowest BCUT2D eigenvalue weighted by molar-refractivity contribution is -0.123. The molecule has 1 atom stereocenters. The second kappa shape index (κ2) is 10.6. The number of benzene rings is 2. The van der Waals surface area contributed by atoms with Crippen LogP contribution >= 0.6 is 0 Å². The average molecular weight is 426 g/mol. The summed E-state index contributed by atoms with van der Waals surface area (Å²) in [7, 11) is 0. The lowest BCUT2D eigenvalue weighted by Crippen LogP contribution is -2.50. The molecule has 3 aromatic rings. The number of rotatable bonds is 9. The van der Waals surface area contributed by atoms with Crippen molar-refractivity contribution in [1.29, 1.82) is 0 Å². The Balaban J connectivity index is 1.50. The fourth-order valence-electron chi connectivity index (χ4n) is 3.44. The molecule has 1 unspecified atom stereocenters. The molecule has 2 aromatic carbocycles. The normalized spacial score (nSPS) is 11.8. The zero-order valence-electron chi connectivity index (χ0n) is 17.8. The average Bonchev–Trinajstić information content (AvgIpc) is 3.08. The van der Waals surface area contributed by atoms with Gasteiger partial charge in [-0.25, -0.2) is 14.2 Å². The largest absolute Gasteiger partial charge is 0.353 e. The minimum atomic E-state index is -0.626. The first kappa shape index (κ1) is 22.3. The van der Waals surface area contributed by atoms with E-state index in [1.165, 1.54) is 12.1 Å². The van der Waals surface area contributed by atoms with E-state index in [1.54, 1.807) is 12.1 Å². The van der Waals surface area contributed by atoms with Crippen LogP contribution in [-0.2, 0) is 17.9 Å². The Bertz CT molecular complexity index is 1030. The first-order chi connectivity index (χ1) is 15.0. The number of hydrogen-bond donors (Lipinski definition) is 3. The quantitative estimate of drug-likeness (QED) is 0.492. The maximum absolute atomic E-state index is 13.0. The van der Waals surface area contributed by atoms with Gasteiger partial charge in [0.15, 0.2) is 0 Å². The van der Waals surface area contributed by atoms with Crippen molar-refractivity contribution in [3.05, 3.63) is 65.7 Å². The topological polar surface area (TPSA) is 88.0 Å². The van der Waals surface area contributed by atoms with Crippen LogP contribution in [0, 0.1) is 12.7 Å². The predicted molar refractivity (Wildman–Crippen MR) is 118 cm³/mol. The maximum atomic E-state index is 13.0. The van der Waals surface area contributed by atoms with Crippen LogP contribution in [0.2, 0.25) is 0 Å². The van der Waals surface area contributed by atoms with Crippen LogP contribution < -0.4 is 16.0 Å². The van der Waals surface area contributed by atoms with Crippen LogP contribution in [0.5, 0.6) is 0 Å². The SMILES string of the molecule is CCCC(NC(=O)NCc1ccc(F)cc1)C(=O)NCCn1c(C)nc2ccccc21. The second-order valence-electron chi connectivity index (χ2n) is 7.39. The predicted octanol–water partition coefficient (Wildman–Crippen LogP) is 3.27. The summed E-state index contributed by atoms with van der Waals surface area (Å²) in [4.78, 5) is 29.4. The molecule has 3 amide bonds. The van der Waals surface area contributed by atoms with Gasteiger partial charge in [-0.05, 0) is 43.2 Å². The van der Waals surface area contributed by atoms with Gasteiger partial charge in [-0.2, -0.15) is 0 Å². The summed E-state index contributed by atoms with van der Waals surface area (Å²) in [5.41, 5.74) is 2.73. The first-order valence-corrected chi connectivity index (χ1v) is 10.5. The van der Waals surface area contributed by atoms with Gasteiger partial charge in [-0.3, -0.25) is 4.79 Å². The molecule has 3 N–H and O–H groups in total. The maximum Gasteiger partial charge on any atom is 0.315 e. The van der Waals surface area contributed by atoms with Crippen molar-refractivity contribution in [3.8, 4) is 0 Å². The number of amides is 3.